The predicted octanol–water partition coefficient (Wildman–Crippen LogP) is 7.97. The molecule has 0 aromatic heterocycles. The molecule has 0 aromatic carbocycles. The molecule has 0 radical (unpaired) electrons. The summed E-state index contributed by atoms with van der Waals surface area (Å²) in [6.07, 6.45) is 29.9. The van der Waals surface area contributed by atoms with Crippen LogP contribution in [0.5, 0.6) is 0 Å². The molecule has 0 saturated carbocycles. The number of aliphatic hydroxyl groups excluding tert-OH is 3. The van der Waals surface area contributed by atoms with E-state index >= 15 is 0 Å². The van der Waals surface area contributed by atoms with E-state index < -0.39 is 61.3 Å². The molecule has 1 heterocycles. The van der Waals surface area contributed by atoms with E-state index in [0.29, 0.717) is 12.8 Å². The molecule has 308 valence electrons. The molecule has 11 heteroatoms. The lowest BCUT2D eigenvalue weighted by molar-refractivity contribution is -0.298. The molecular formula is C43H70O11. The van der Waals surface area contributed by atoms with Crippen LogP contribution in [0, 0.1) is 0 Å². The second-order valence-electron chi connectivity index (χ2n) is 13.7. The normalized spacial score (nSPS) is 21.2. The Labute approximate surface area is 324 Å². The Bertz CT molecular complexity index is 1130. The number of esters is 2. The molecule has 0 amide bonds. The number of carboxylic acids is 1. The van der Waals surface area contributed by atoms with Gasteiger partial charge >= 0.3 is 17.9 Å². The third-order valence-corrected chi connectivity index (χ3v) is 8.85. The lowest BCUT2D eigenvalue weighted by Crippen LogP contribution is -2.60. The molecule has 0 aliphatic carbocycles. The van der Waals surface area contributed by atoms with Crippen LogP contribution in [-0.4, -0.2) is 88.4 Å². The lowest BCUT2D eigenvalue weighted by Gasteiger charge is -2.38. The maximum Gasteiger partial charge on any atom is 0.335 e. The minimum Gasteiger partial charge on any atom is -0.479 e. The zero-order valence-corrected chi connectivity index (χ0v) is 32.9. The number of carboxylic acid groups (broad SMARTS) is 1. The number of hydrogen-bond acceptors (Lipinski definition) is 10. The molecule has 6 unspecified atom stereocenters. The van der Waals surface area contributed by atoms with Crippen molar-refractivity contribution in [1.29, 1.82) is 0 Å². The van der Waals surface area contributed by atoms with Crippen LogP contribution in [0.3, 0.4) is 0 Å². The number of unbranched alkanes of at least 4 members (excludes halogenated alkanes) is 11. The monoisotopic (exact) mass is 762 g/mol. The highest BCUT2D eigenvalue weighted by Crippen LogP contribution is 2.23. The van der Waals surface area contributed by atoms with Crippen LogP contribution < -0.4 is 0 Å². The van der Waals surface area contributed by atoms with Crippen molar-refractivity contribution >= 4 is 17.9 Å². The average Bonchev–Trinajstić information content (AvgIpc) is 3.15. The van der Waals surface area contributed by atoms with Gasteiger partial charge in [0.15, 0.2) is 18.5 Å². The van der Waals surface area contributed by atoms with E-state index in [0.717, 1.165) is 83.5 Å². The summed E-state index contributed by atoms with van der Waals surface area (Å²) in [5.74, 6) is -2.51. The van der Waals surface area contributed by atoms with Crippen molar-refractivity contribution < 1.29 is 53.8 Å². The van der Waals surface area contributed by atoms with Gasteiger partial charge in [0.05, 0.1) is 6.61 Å². The van der Waals surface area contributed by atoms with Crippen molar-refractivity contribution in [3.63, 3.8) is 0 Å². The van der Waals surface area contributed by atoms with Gasteiger partial charge in [-0.2, -0.15) is 0 Å². The van der Waals surface area contributed by atoms with E-state index in [1.807, 2.05) is 0 Å². The van der Waals surface area contributed by atoms with Crippen LogP contribution in [0.2, 0.25) is 0 Å². The first kappa shape index (κ1) is 48.9. The van der Waals surface area contributed by atoms with E-state index in [-0.39, 0.29) is 19.4 Å². The first-order valence-corrected chi connectivity index (χ1v) is 20.3. The van der Waals surface area contributed by atoms with Crippen LogP contribution in [-0.2, 0) is 33.3 Å². The third-order valence-electron chi connectivity index (χ3n) is 8.85. The maximum absolute atomic E-state index is 12.7. The molecule has 0 bridgehead atoms. The van der Waals surface area contributed by atoms with Crippen molar-refractivity contribution in [2.75, 3.05) is 13.2 Å². The van der Waals surface area contributed by atoms with Gasteiger partial charge in [0.2, 0.25) is 0 Å². The minimum absolute atomic E-state index is 0.157. The topological polar surface area (TPSA) is 169 Å². The molecule has 1 aliphatic heterocycles. The molecule has 1 aliphatic rings. The molecule has 1 fully saturated rings. The number of carbonyl (C=O) groups excluding carboxylic acids is 2. The third kappa shape index (κ3) is 25.1. The first-order chi connectivity index (χ1) is 26.2. The zero-order chi connectivity index (χ0) is 39.7. The van der Waals surface area contributed by atoms with Crippen LogP contribution >= 0.6 is 0 Å². The summed E-state index contributed by atoms with van der Waals surface area (Å²) in [4.78, 5) is 36.7. The molecular weight excluding hydrogens is 692 g/mol. The van der Waals surface area contributed by atoms with Gasteiger partial charge in [0.1, 0.15) is 24.9 Å². The van der Waals surface area contributed by atoms with Gasteiger partial charge < -0.3 is 39.4 Å². The zero-order valence-electron chi connectivity index (χ0n) is 32.9. The average molecular weight is 763 g/mol. The summed E-state index contributed by atoms with van der Waals surface area (Å²) in [6.45, 7) is 3.60. The van der Waals surface area contributed by atoms with Gasteiger partial charge in [-0.3, -0.25) is 9.59 Å². The predicted molar refractivity (Wildman–Crippen MR) is 210 cm³/mol. The van der Waals surface area contributed by atoms with Crippen LogP contribution in [0.15, 0.2) is 60.8 Å². The number of aliphatic hydroxyl groups is 3. The number of ether oxygens (including phenoxy) is 4. The minimum atomic E-state index is -1.87. The Morgan fingerprint density at radius 1 is 0.593 bits per heavy atom. The lowest BCUT2D eigenvalue weighted by atomic mass is 9.99. The maximum atomic E-state index is 12.7. The fourth-order valence-electron chi connectivity index (χ4n) is 5.63. The van der Waals surface area contributed by atoms with Crippen molar-refractivity contribution in [2.24, 2.45) is 0 Å². The molecule has 0 spiro atoms. The first-order valence-electron chi connectivity index (χ1n) is 20.3. The quantitative estimate of drug-likeness (QED) is 0.0298. The number of rotatable bonds is 32. The molecule has 0 aromatic rings. The second-order valence-corrected chi connectivity index (χ2v) is 13.7. The molecule has 1 rings (SSSR count). The Morgan fingerprint density at radius 2 is 1.09 bits per heavy atom. The summed E-state index contributed by atoms with van der Waals surface area (Å²) >= 11 is 0. The summed E-state index contributed by atoms with van der Waals surface area (Å²) < 4.78 is 21.6. The summed E-state index contributed by atoms with van der Waals surface area (Å²) in [5.41, 5.74) is 0. The summed E-state index contributed by atoms with van der Waals surface area (Å²) in [5, 5.41) is 39.7. The highest BCUT2D eigenvalue weighted by molar-refractivity contribution is 5.73. The van der Waals surface area contributed by atoms with Crippen LogP contribution in [0.4, 0.5) is 0 Å². The van der Waals surface area contributed by atoms with E-state index in [9.17, 15) is 34.8 Å². The van der Waals surface area contributed by atoms with Crippen LogP contribution in [0.1, 0.15) is 142 Å². The fraction of sp³-hybridized carbons (Fsp3) is 0.698. The number of hydrogen-bond donors (Lipinski definition) is 4. The molecule has 6 atom stereocenters. The van der Waals surface area contributed by atoms with Crippen LogP contribution in [0.25, 0.3) is 0 Å². The fourth-order valence-corrected chi connectivity index (χ4v) is 5.63. The van der Waals surface area contributed by atoms with E-state index in [1.165, 1.54) is 19.3 Å². The largest absolute Gasteiger partial charge is 0.479 e. The highest BCUT2D eigenvalue weighted by Gasteiger charge is 2.47. The van der Waals surface area contributed by atoms with Crippen molar-refractivity contribution in [1.82, 2.24) is 0 Å². The summed E-state index contributed by atoms with van der Waals surface area (Å²) in [7, 11) is 0. The van der Waals surface area contributed by atoms with Gasteiger partial charge in [-0.15, -0.1) is 0 Å². The van der Waals surface area contributed by atoms with E-state index in [4.69, 9.17) is 18.9 Å². The van der Waals surface area contributed by atoms with E-state index in [1.54, 1.807) is 0 Å². The Hall–Kier alpha value is -3.09. The van der Waals surface area contributed by atoms with Crippen molar-refractivity contribution in [2.45, 2.75) is 179 Å². The van der Waals surface area contributed by atoms with Gasteiger partial charge in [-0.05, 0) is 77.0 Å². The van der Waals surface area contributed by atoms with Crippen molar-refractivity contribution in [3.05, 3.63) is 60.8 Å². The van der Waals surface area contributed by atoms with Gasteiger partial charge in [0.25, 0.3) is 0 Å². The standard InChI is InChI=1S/C43H70O11/c1-3-5-7-9-11-13-15-17-18-20-22-24-26-28-30-32-37(45)53-35(34-52-43-40(48)38(46)39(47)41(54-43)42(49)50)33-51-36(44)31-29-27-25-23-21-19-16-14-12-10-8-6-4-2/h6,8,11-14,17-19,21,35,38-41,43,46-48H,3-5,7,9-10,15-16,20,22-34H2,1-2H3,(H,49,50)/b8-6-,13-11-,14-12-,18-17-,21-19-. The van der Waals surface area contributed by atoms with Gasteiger partial charge in [-0.25, -0.2) is 4.79 Å². The molecule has 4 N–H and O–H groups in total. The SMILES string of the molecule is CC/C=C\C/C=C\C/C=C\CCCCCC(=O)OCC(COC1OC(C(=O)O)C(O)C(O)C1O)OC(=O)CCCCCCC/C=C\C/C=C\CCCCC. The Morgan fingerprint density at radius 3 is 1.67 bits per heavy atom. The Kier molecular flexibility index (Phi) is 30.1. The smallest absolute Gasteiger partial charge is 0.335 e. The Balaban J connectivity index is 2.46. The van der Waals surface area contributed by atoms with Gasteiger partial charge in [-0.1, -0.05) is 113 Å². The van der Waals surface area contributed by atoms with E-state index in [2.05, 4.69) is 74.6 Å². The summed E-state index contributed by atoms with van der Waals surface area (Å²) in [6, 6.07) is 0. The second kappa shape index (κ2) is 33.3. The molecule has 54 heavy (non-hydrogen) atoms. The molecule has 1 saturated heterocycles. The van der Waals surface area contributed by atoms with Crippen molar-refractivity contribution in [3.8, 4) is 0 Å². The molecule has 11 nitrogen and oxygen atoms in total. The number of carbonyl (C=O) groups is 3. The highest BCUT2D eigenvalue weighted by atomic mass is 16.7. The van der Waals surface area contributed by atoms with Gasteiger partial charge in [0, 0.05) is 12.8 Å². The number of aliphatic carboxylic acids is 1. The number of allylic oxidation sites excluding steroid dienone is 10.